The molecule has 0 amide bonds. The second-order valence-electron chi connectivity index (χ2n) is 4.46. The van der Waals surface area contributed by atoms with Gasteiger partial charge in [0.1, 0.15) is 10.7 Å². The number of hydrogen-bond donors (Lipinski definition) is 2. The summed E-state index contributed by atoms with van der Waals surface area (Å²) in [4.78, 5) is 11.4. The van der Waals surface area contributed by atoms with Crippen LogP contribution < -0.4 is 11.3 Å². The van der Waals surface area contributed by atoms with E-state index in [-0.39, 0.29) is 0 Å². The van der Waals surface area contributed by atoms with Gasteiger partial charge in [0.2, 0.25) is 0 Å². The molecule has 0 bridgehead atoms. The number of nitrogens with one attached hydrogen (secondary N) is 1. The molecule has 0 aliphatic carbocycles. The minimum absolute atomic E-state index is 0.574. The number of thiophene rings is 1. The molecule has 0 aliphatic heterocycles. The summed E-state index contributed by atoms with van der Waals surface area (Å²) in [5, 5.41) is 1.63. The molecule has 0 aliphatic rings. The summed E-state index contributed by atoms with van der Waals surface area (Å²) in [6, 6.07) is 0. The van der Waals surface area contributed by atoms with Crippen LogP contribution >= 0.6 is 23.1 Å². The molecule has 0 saturated heterocycles. The van der Waals surface area contributed by atoms with Gasteiger partial charge in [0, 0.05) is 4.88 Å². The van der Waals surface area contributed by atoms with Crippen molar-refractivity contribution in [2.24, 2.45) is 5.84 Å². The van der Waals surface area contributed by atoms with Crippen LogP contribution in [0.5, 0.6) is 0 Å². The summed E-state index contributed by atoms with van der Waals surface area (Å²) >= 11 is 3.53. The Morgan fingerprint density at radius 3 is 2.67 bits per heavy atom. The van der Waals surface area contributed by atoms with Crippen molar-refractivity contribution in [3.63, 3.8) is 0 Å². The van der Waals surface area contributed by atoms with Crippen molar-refractivity contribution in [2.45, 2.75) is 38.7 Å². The average molecular weight is 282 g/mol. The summed E-state index contributed by atoms with van der Waals surface area (Å²) in [7, 11) is 0. The Kier molecular flexibility index (Phi) is 4.09. The Hall–Kier alpha value is -0.850. The molecule has 3 N–H and O–H groups in total. The number of rotatable bonds is 4. The molecule has 0 radical (unpaired) electrons. The molecule has 0 atom stereocenters. The van der Waals surface area contributed by atoms with Gasteiger partial charge in [-0.25, -0.2) is 15.8 Å². The van der Waals surface area contributed by atoms with E-state index >= 15 is 0 Å². The van der Waals surface area contributed by atoms with Crippen molar-refractivity contribution < 1.29 is 0 Å². The Morgan fingerprint density at radius 2 is 2.06 bits per heavy atom. The first kappa shape index (κ1) is 13.6. The van der Waals surface area contributed by atoms with Crippen LogP contribution in [0.2, 0.25) is 0 Å². The lowest BCUT2D eigenvalue weighted by atomic mass is 10.2. The second-order valence-corrected chi connectivity index (χ2v) is 7.22. The van der Waals surface area contributed by atoms with Crippen LogP contribution in [0.3, 0.4) is 0 Å². The van der Waals surface area contributed by atoms with Gasteiger partial charge in [0.05, 0.1) is 11.1 Å². The molecule has 98 valence electrons. The molecule has 0 fully saturated rings. The molecule has 0 aromatic carbocycles. The first-order valence-corrected chi connectivity index (χ1v) is 7.74. The molecule has 0 unspecified atom stereocenters. The zero-order valence-corrected chi connectivity index (χ0v) is 12.7. The molecule has 0 saturated carbocycles. The van der Waals surface area contributed by atoms with Gasteiger partial charge in [-0.2, -0.15) is 11.8 Å². The third kappa shape index (κ3) is 2.60. The van der Waals surface area contributed by atoms with Crippen LogP contribution in [0.1, 0.15) is 30.1 Å². The molecular weight excluding hydrogens is 264 g/mol. The van der Waals surface area contributed by atoms with E-state index in [1.807, 2.05) is 11.8 Å². The number of hydrazine groups is 1. The molecule has 2 aromatic rings. The fourth-order valence-electron chi connectivity index (χ4n) is 1.70. The highest BCUT2D eigenvalue weighted by Crippen LogP contribution is 2.33. The smallest absolute Gasteiger partial charge is 0.152 e. The minimum atomic E-state index is 0.574. The number of fused-ring (bicyclic) bond motifs is 1. The van der Waals surface area contributed by atoms with E-state index in [0.29, 0.717) is 5.25 Å². The minimum Gasteiger partial charge on any atom is -0.308 e. The van der Waals surface area contributed by atoms with E-state index in [2.05, 4.69) is 43.1 Å². The molecule has 2 aromatic heterocycles. The van der Waals surface area contributed by atoms with E-state index in [9.17, 15) is 0 Å². The predicted molar refractivity (Wildman–Crippen MR) is 81.1 cm³/mol. The molecule has 0 spiro atoms. The number of thioether (sulfide) groups is 1. The van der Waals surface area contributed by atoms with Gasteiger partial charge in [-0.1, -0.05) is 13.8 Å². The SMILES string of the molecule is Cc1sc2nc(CSC(C)C)nc(NN)c2c1C. The molecule has 2 rings (SSSR count). The van der Waals surface area contributed by atoms with E-state index in [1.165, 1.54) is 10.4 Å². The molecule has 6 heteroatoms. The Labute approximate surface area is 115 Å². The van der Waals surface area contributed by atoms with E-state index in [0.717, 1.165) is 27.6 Å². The number of hydrogen-bond acceptors (Lipinski definition) is 6. The van der Waals surface area contributed by atoms with Gasteiger partial charge in [-0.15, -0.1) is 11.3 Å². The molecular formula is C12H18N4S2. The Bertz CT molecular complexity index is 563. The maximum Gasteiger partial charge on any atom is 0.152 e. The highest BCUT2D eigenvalue weighted by atomic mass is 32.2. The van der Waals surface area contributed by atoms with Crippen LogP contribution in [0.25, 0.3) is 10.2 Å². The standard InChI is InChI=1S/C12H18N4S2/c1-6(2)17-5-9-14-11(16-13)10-7(3)8(4)18-12(10)15-9/h6H,5,13H2,1-4H3,(H,14,15,16). The zero-order chi connectivity index (χ0) is 13.3. The van der Waals surface area contributed by atoms with Crippen molar-refractivity contribution in [2.75, 3.05) is 5.43 Å². The third-order valence-corrected chi connectivity index (χ3v) is 4.95. The van der Waals surface area contributed by atoms with Gasteiger partial charge in [0.25, 0.3) is 0 Å². The monoisotopic (exact) mass is 282 g/mol. The lowest BCUT2D eigenvalue weighted by molar-refractivity contribution is 1.04. The van der Waals surface area contributed by atoms with Crippen LogP contribution in [-0.4, -0.2) is 15.2 Å². The van der Waals surface area contributed by atoms with Crippen LogP contribution in [-0.2, 0) is 5.75 Å². The Balaban J connectivity index is 2.46. The highest BCUT2D eigenvalue weighted by Gasteiger charge is 2.14. The number of nitrogen functional groups attached to an aromatic ring is 1. The van der Waals surface area contributed by atoms with Crippen LogP contribution in [0, 0.1) is 13.8 Å². The number of nitrogens with two attached hydrogens (primary N) is 1. The van der Waals surface area contributed by atoms with Crippen LogP contribution in [0.15, 0.2) is 0 Å². The largest absolute Gasteiger partial charge is 0.308 e. The van der Waals surface area contributed by atoms with Crippen molar-refractivity contribution in [1.29, 1.82) is 0 Å². The second kappa shape index (κ2) is 5.42. The maximum absolute atomic E-state index is 5.58. The summed E-state index contributed by atoms with van der Waals surface area (Å²) in [5.41, 5.74) is 3.91. The first-order valence-electron chi connectivity index (χ1n) is 5.87. The zero-order valence-electron chi connectivity index (χ0n) is 11.1. The van der Waals surface area contributed by atoms with Crippen molar-refractivity contribution in [3.05, 3.63) is 16.3 Å². The van der Waals surface area contributed by atoms with Gasteiger partial charge in [0.15, 0.2) is 5.82 Å². The lowest BCUT2D eigenvalue weighted by Gasteiger charge is -2.07. The molecule has 2 heterocycles. The van der Waals surface area contributed by atoms with Crippen molar-refractivity contribution >= 4 is 39.1 Å². The van der Waals surface area contributed by atoms with Crippen molar-refractivity contribution in [1.82, 2.24) is 9.97 Å². The highest BCUT2D eigenvalue weighted by molar-refractivity contribution is 7.99. The van der Waals surface area contributed by atoms with Crippen molar-refractivity contribution in [3.8, 4) is 0 Å². The van der Waals surface area contributed by atoms with E-state index in [4.69, 9.17) is 5.84 Å². The quantitative estimate of drug-likeness (QED) is 0.666. The molecule has 4 nitrogen and oxygen atoms in total. The van der Waals surface area contributed by atoms with E-state index in [1.54, 1.807) is 11.3 Å². The predicted octanol–water partition coefficient (Wildman–Crippen LogP) is 3.24. The normalized spacial score (nSPS) is 11.4. The summed E-state index contributed by atoms with van der Waals surface area (Å²) in [6.45, 7) is 8.53. The fraction of sp³-hybridized carbons (Fsp3) is 0.500. The van der Waals surface area contributed by atoms with Gasteiger partial charge in [-0.05, 0) is 24.7 Å². The first-order chi connectivity index (χ1) is 8.52. The van der Waals surface area contributed by atoms with Crippen LogP contribution in [0.4, 0.5) is 5.82 Å². The topological polar surface area (TPSA) is 63.8 Å². The van der Waals surface area contributed by atoms with E-state index < -0.39 is 0 Å². The number of aryl methyl sites for hydroxylation is 2. The Morgan fingerprint density at radius 1 is 1.33 bits per heavy atom. The third-order valence-electron chi connectivity index (χ3n) is 2.76. The number of anilines is 1. The fourth-order valence-corrected chi connectivity index (χ4v) is 3.36. The van der Waals surface area contributed by atoms with Gasteiger partial charge < -0.3 is 5.43 Å². The van der Waals surface area contributed by atoms with Gasteiger partial charge in [-0.3, -0.25) is 0 Å². The maximum atomic E-state index is 5.58. The summed E-state index contributed by atoms with van der Waals surface area (Å²) < 4.78 is 0. The van der Waals surface area contributed by atoms with Gasteiger partial charge >= 0.3 is 0 Å². The summed E-state index contributed by atoms with van der Waals surface area (Å²) in [6.07, 6.45) is 0. The lowest BCUT2D eigenvalue weighted by Crippen LogP contribution is -2.11. The number of nitrogens with zero attached hydrogens (tertiary/aromatic N) is 2. The number of aromatic nitrogens is 2. The molecule has 18 heavy (non-hydrogen) atoms. The summed E-state index contributed by atoms with van der Waals surface area (Å²) in [5.74, 6) is 7.97. The average Bonchev–Trinajstić information content (AvgIpc) is 2.61.